The van der Waals surface area contributed by atoms with Crippen LogP contribution in [0.3, 0.4) is 0 Å². The number of carbonyl (C=O) groups is 2. The molecule has 1 aromatic heterocycles. The Hall–Kier alpha value is -2.76. The third-order valence-electron chi connectivity index (χ3n) is 3.59. The molecule has 0 aliphatic heterocycles. The Labute approximate surface area is 134 Å². The number of hydrogen-bond acceptors (Lipinski definition) is 4. The first kappa shape index (κ1) is 16.6. The van der Waals surface area contributed by atoms with Gasteiger partial charge >= 0.3 is 5.97 Å². The number of nitrogens with zero attached hydrogens (tertiary/aromatic N) is 2. The predicted octanol–water partition coefficient (Wildman–Crippen LogP) is 2.19. The molecule has 0 spiro atoms. The Morgan fingerprint density at radius 2 is 1.83 bits per heavy atom. The molecule has 2 N–H and O–H groups in total. The molecule has 120 valence electrons. The molecule has 0 aliphatic rings. The van der Waals surface area contributed by atoms with Gasteiger partial charge in [-0.05, 0) is 12.5 Å². The fourth-order valence-electron chi connectivity index (χ4n) is 2.12. The Bertz CT molecular complexity index is 724. The maximum absolute atomic E-state index is 12.1. The molecule has 0 aliphatic carbocycles. The molecule has 0 fully saturated rings. The van der Waals surface area contributed by atoms with Crippen molar-refractivity contribution in [1.29, 1.82) is 0 Å². The highest BCUT2D eigenvalue weighted by molar-refractivity contribution is 5.92. The number of benzene rings is 1. The van der Waals surface area contributed by atoms with Crippen LogP contribution in [-0.2, 0) is 5.41 Å². The van der Waals surface area contributed by atoms with Crippen molar-refractivity contribution in [3.63, 3.8) is 0 Å². The summed E-state index contributed by atoms with van der Waals surface area (Å²) in [7, 11) is 0. The van der Waals surface area contributed by atoms with Crippen LogP contribution in [0.15, 0.2) is 36.7 Å². The molecule has 6 nitrogen and oxygen atoms in total. The first-order chi connectivity index (χ1) is 10.8. The van der Waals surface area contributed by atoms with E-state index < -0.39 is 5.97 Å². The first-order valence-corrected chi connectivity index (χ1v) is 7.20. The second kappa shape index (κ2) is 6.56. The zero-order valence-corrected chi connectivity index (χ0v) is 13.3. The lowest BCUT2D eigenvalue weighted by Crippen LogP contribution is -2.37. The van der Waals surface area contributed by atoms with Crippen molar-refractivity contribution < 1.29 is 14.7 Å². The molecule has 6 heteroatoms. The van der Waals surface area contributed by atoms with E-state index in [1.807, 2.05) is 39.0 Å². The van der Waals surface area contributed by atoms with E-state index in [-0.39, 0.29) is 22.7 Å². The summed E-state index contributed by atoms with van der Waals surface area (Å²) in [6, 6.07) is 8.14. The molecule has 0 bridgehead atoms. The average Bonchev–Trinajstić information content (AvgIpc) is 2.53. The van der Waals surface area contributed by atoms with Gasteiger partial charge in [0.05, 0.1) is 12.4 Å². The standard InChI is InChI=1S/C17H19N3O3/c1-11-5-4-6-12(7-11)17(2,3)10-20-15(21)13-8-19-14(9-18-13)16(22)23/h4-9H,10H2,1-3H3,(H,20,21)(H,22,23). The summed E-state index contributed by atoms with van der Waals surface area (Å²) in [5.74, 6) is -1.56. The smallest absolute Gasteiger partial charge is 0.356 e. The number of carboxylic acid groups (broad SMARTS) is 1. The number of aryl methyl sites for hydroxylation is 1. The zero-order chi connectivity index (χ0) is 17.0. The van der Waals surface area contributed by atoms with Crippen LogP contribution in [0.5, 0.6) is 0 Å². The molecule has 0 atom stereocenters. The molecule has 0 saturated carbocycles. The van der Waals surface area contributed by atoms with Gasteiger partial charge in [0.1, 0.15) is 5.69 Å². The summed E-state index contributed by atoms with van der Waals surface area (Å²) in [6.07, 6.45) is 2.24. The predicted molar refractivity (Wildman–Crippen MR) is 85.5 cm³/mol. The molecule has 1 aromatic carbocycles. The van der Waals surface area contributed by atoms with Crippen molar-refractivity contribution in [1.82, 2.24) is 15.3 Å². The maximum Gasteiger partial charge on any atom is 0.356 e. The molecule has 2 rings (SSSR count). The second-order valence-corrected chi connectivity index (χ2v) is 6.03. The van der Waals surface area contributed by atoms with Gasteiger partial charge < -0.3 is 10.4 Å². The van der Waals surface area contributed by atoms with E-state index in [4.69, 9.17) is 5.11 Å². The molecule has 2 aromatic rings. The lowest BCUT2D eigenvalue weighted by molar-refractivity contribution is 0.0689. The van der Waals surface area contributed by atoms with Gasteiger partial charge in [0.2, 0.25) is 0 Å². The van der Waals surface area contributed by atoms with Gasteiger partial charge in [-0.25, -0.2) is 14.8 Å². The van der Waals surface area contributed by atoms with Crippen molar-refractivity contribution in [2.75, 3.05) is 6.54 Å². The summed E-state index contributed by atoms with van der Waals surface area (Å²) in [4.78, 5) is 30.4. The van der Waals surface area contributed by atoms with Crippen molar-refractivity contribution in [3.8, 4) is 0 Å². The lowest BCUT2D eigenvalue weighted by Gasteiger charge is -2.26. The third kappa shape index (κ3) is 4.12. The first-order valence-electron chi connectivity index (χ1n) is 7.20. The highest BCUT2D eigenvalue weighted by Gasteiger charge is 2.22. The number of carbonyl (C=O) groups excluding carboxylic acids is 1. The average molecular weight is 313 g/mol. The molecule has 0 radical (unpaired) electrons. The van der Waals surface area contributed by atoms with Crippen molar-refractivity contribution in [2.45, 2.75) is 26.2 Å². The van der Waals surface area contributed by atoms with E-state index in [0.717, 1.165) is 17.3 Å². The van der Waals surface area contributed by atoms with E-state index in [9.17, 15) is 9.59 Å². The minimum Gasteiger partial charge on any atom is -0.476 e. The number of aromatic nitrogens is 2. The number of nitrogens with one attached hydrogen (secondary N) is 1. The van der Waals surface area contributed by atoms with Crippen LogP contribution in [0.2, 0.25) is 0 Å². The van der Waals surface area contributed by atoms with Gasteiger partial charge in [0.15, 0.2) is 5.69 Å². The van der Waals surface area contributed by atoms with Crippen molar-refractivity contribution >= 4 is 11.9 Å². The largest absolute Gasteiger partial charge is 0.476 e. The zero-order valence-electron chi connectivity index (χ0n) is 13.3. The van der Waals surface area contributed by atoms with Crippen LogP contribution in [0, 0.1) is 6.92 Å². The normalized spacial score (nSPS) is 11.1. The Morgan fingerprint density at radius 1 is 1.17 bits per heavy atom. The van der Waals surface area contributed by atoms with E-state index in [1.165, 1.54) is 6.20 Å². The summed E-state index contributed by atoms with van der Waals surface area (Å²) in [5.41, 5.74) is 1.95. The minimum atomic E-state index is -1.18. The summed E-state index contributed by atoms with van der Waals surface area (Å²) < 4.78 is 0. The monoisotopic (exact) mass is 313 g/mol. The highest BCUT2D eigenvalue weighted by Crippen LogP contribution is 2.23. The van der Waals surface area contributed by atoms with Gasteiger partial charge in [0.25, 0.3) is 5.91 Å². The van der Waals surface area contributed by atoms with Crippen molar-refractivity contribution in [3.05, 3.63) is 59.2 Å². The summed E-state index contributed by atoms with van der Waals surface area (Å²) in [5, 5.41) is 11.6. The second-order valence-electron chi connectivity index (χ2n) is 6.03. The molecule has 0 saturated heterocycles. The SMILES string of the molecule is Cc1cccc(C(C)(C)CNC(=O)c2cnc(C(=O)O)cn2)c1. The van der Waals surface area contributed by atoms with Gasteiger partial charge in [0, 0.05) is 12.0 Å². The van der Waals surface area contributed by atoms with Crippen LogP contribution in [0.1, 0.15) is 46.0 Å². The van der Waals surface area contributed by atoms with Crippen LogP contribution in [0.25, 0.3) is 0 Å². The Balaban J connectivity index is 2.04. The number of rotatable bonds is 5. The molecule has 1 heterocycles. The number of amides is 1. The van der Waals surface area contributed by atoms with E-state index in [1.54, 1.807) is 0 Å². The van der Waals surface area contributed by atoms with Gasteiger partial charge in [-0.2, -0.15) is 0 Å². The fraction of sp³-hybridized carbons (Fsp3) is 0.294. The quantitative estimate of drug-likeness (QED) is 0.882. The van der Waals surface area contributed by atoms with Gasteiger partial charge in [-0.1, -0.05) is 43.7 Å². The summed E-state index contributed by atoms with van der Waals surface area (Å²) >= 11 is 0. The number of carboxylic acids is 1. The number of aromatic carboxylic acids is 1. The number of hydrogen-bond donors (Lipinski definition) is 2. The van der Waals surface area contributed by atoms with Crippen LogP contribution in [-0.4, -0.2) is 33.5 Å². The van der Waals surface area contributed by atoms with E-state index in [0.29, 0.717) is 6.54 Å². The van der Waals surface area contributed by atoms with Gasteiger partial charge in [-0.3, -0.25) is 4.79 Å². The lowest BCUT2D eigenvalue weighted by atomic mass is 9.84. The van der Waals surface area contributed by atoms with E-state index in [2.05, 4.69) is 21.4 Å². The van der Waals surface area contributed by atoms with Crippen LogP contribution < -0.4 is 5.32 Å². The van der Waals surface area contributed by atoms with Crippen LogP contribution >= 0.6 is 0 Å². The third-order valence-corrected chi connectivity index (χ3v) is 3.59. The molecular formula is C17H19N3O3. The minimum absolute atomic E-state index is 0.0926. The van der Waals surface area contributed by atoms with Crippen molar-refractivity contribution in [2.24, 2.45) is 0 Å². The van der Waals surface area contributed by atoms with Gasteiger partial charge in [-0.15, -0.1) is 0 Å². The Kier molecular flexibility index (Phi) is 4.74. The highest BCUT2D eigenvalue weighted by atomic mass is 16.4. The Morgan fingerprint density at radius 3 is 2.39 bits per heavy atom. The maximum atomic E-state index is 12.1. The molecular weight excluding hydrogens is 294 g/mol. The molecule has 1 amide bonds. The van der Waals surface area contributed by atoms with E-state index >= 15 is 0 Å². The fourth-order valence-corrected chi connectivity index (χ4v) is 2.12. The van der Waals surface area contributed by atoms with Crippen LogP contribution in [0.4, 0.5) is 0 Å². The topological polar surface area (TPSA) is 92.2 Å². The summed E-state index contributed by atoms with van der Waals surface area (Å²) in [6.45, 7) is 6.54. The molecule has 0 unspecified atom stereocenters. The molecule has 23 heavy (non-hydrogen) atoms.